The molecule has 0 aliphatic rings. The molecule has 2 nitrogen and oxygen atoms in total. The lowest BCUT2D eigenvalue weighted by Crippen LogP contribution is -1.96. The molecule has 0 saturated carbocycles. The number of hydrogen-bond donors (Lipinski definition) is 0. The quantitative estimate of drug-likeness (QED) is 0.243. The highest BCUT2D eigenvalue weighted by molar-refractivity contribution is 6.11. The molecule has 0 aliphatic carbocycles. The predicted molar refractivity (Wildman–Crippen MR) is 159 cm³/mol. The van der Waals surface area contributed by atoms with Gasteiger partial charge in [-0.25, -0.2) is 0 Å². The highest BCUT2D eigenvalue weighted by Crippen LogP contribution is 2.39. The molecule has 178 valence electrons. The zero-order chi connectivity index (χ0) is 25.1. The van der Waals surface area contributed by atoms with Crippen LogP contribution in [0.3, 0.4) is 0 Å². The number of fused-ring (bicyclic) bond motifs is 6. The van der Waals surface area contributed by atoms with Gasteiger partial charge >= 0.3 is 0 Å². The molecular formula is C36H23NO. The van der Waals surface area contributed by atoms with Gasteiger partial charge in [-0.3, -0.25) is 0 Å². The van der Waals surface area contributed by atoms with Gasteiger partial charge in [0.15, 0.2) is 0 Å². The Bertz CT molecular complexity index is 2130. The van der Waals surface area contributed by atoms with Crippen LogP contribution in [0.25, 0.3) is 71.7 Å². The molecule has 8 rings (SSSR count). The average Bonchev–Trinajstić information content (AvgIpc) is 3.52. The molecule has 0 fully saturated rings. The van der Waals surface area contributed by atoms with Gasteiger partial charge < -0.3 is 8.98 Å². The van der Waals surface area contributed by atoms with Crippen molar-refractivity contribution in [1.29, 1.82) is 0 Å². The number of nitrogens with zero attached hydrogens (tertiary/aromatic N) is 1. The summed E-state index contributed by atoms with van der Waals surface area (Å²) >= 11 is 0. The second-order valence-electron chi connectivity index (χ2n) is 9.78. The largest absolute Gasteiger partial charge is 0.456 e. The van der Waals surface area contributed by atoms with Gasteiger partial charge in [0.05, 0.1) is 16.7 Å². The fourth-order valence-electron chi connectivity index (χ4n) is 5.85. The summed E-state index contributed by atoms with van der Waals surface area (Å²) in [6, 6.07) is 49.6. The van der Waals surface area contributed by atoms with Crippen molar-refractivity contribution in [2.24, 2.45) is 0 Å². The van der Waals surface area contributed by atoms with Crippen molar-refractivity contribution in [3.8, 4) is 27.9 Å². The molecule has 0 bridgehead atoms. The van der Waals surface area contributed by atoms with Crippen LogP contribution in [0.5, 0.6) is 0 Å². The normalized spacial score (nSPS) is 11.7. The Kier molecular flexibility index (Phi) is 4.55. The Morgan fingerprint density at radius 3 is 1.92 bits per heavy atom. The fraction of sp³-hybridized carbons (Fsp3) is 0. The van der Waals surface area contributed by atoms with Crippen LogP contribution >= 0.6 is 0 Å². The molecule has 0 atom stereocenters. The van der Waals surface area contributed by atoms with Gasteiger partial charge in [0, 0.05) is 27.1 Å². The lowest BCUT2D eigenvalue weighted by atomic mass is 10.0. The Labute approximate surface area is 220 Å². The van der Waals surface area contributed by atoms with E-state index in [-0.39, 0.29) is 0 Å². The molecule has 0 unspecified atom stereocenters. The third-order valence-electron chi connectivity index (χ3n) is 7.61. The Morgan fingerprint density at radius 2 is 1.03 bits per heavy atom. The predicted octanol–water partition coefficient (Wildman–Crippen LogP) is 10.0. The van der Waals surface area contributed by atoms with Crippen molar-refractivity contribution in [2.75, 3.05) is 0 Å². The van der Waals surface area contributed by atoms with Gasteiger partial charge in [-0.15, -0.1) is 0 Å². The molecule has 2 aromatic heterocycles. The lowest BCUT2D eigenvalue weighted by Gasteiger charge is -2.14. The van der Waals surface area contributed by atoms with Crippen LogP contribution in [0.15, 0.2) is 144 Å². The number of para-hydroxylation sites is 3. The number of rotatable bonds is 3. The van der Waals surface area contributed by atoms with E-state index >= 15 is 0 Å². The number of aromatic nitrogens is 1. The standard InChI is InChI=1S/C36H23NO/c1-2-10-24(11-3-1)27-12-4-7-15-32(27)37-33-16-8-5-13-28(33)30-22-25(18-20-34(30)37)26-19-21-36-31(23-26)29-14-6-9-17-35(29)38-36/h1-23H. The summed E-state index contributed by atoms with van der Waals surface area (Å²) in [6.07, 6.45) is 0. The minimum Gasteiger partial charge on any atom is -0.456 e. The van der Waals surface area contributed by atoms with E-state index in [0.717, 1.165) is 21.9 Å². The molecule has 0 saturated heterocycles. The van der Waals surface area contributed by atoms with Crippen molar-refractivity contribution in [3.63, 3.8) is 0 Å². The summed E-state index contributed by atoms with van der Waals surface area (Å²) in [4.78, 5) is 0. The van der Waals surface area contributed by atoms with E-state index in [1.54, 1.807) is 0 Å². The third kappa shape index (κ3) is 3.14. The number of hydrogen-bond acceptors (Lipinski definition) is 1. The Balaban J connectivity index is 1.37. The van der Waals surface area contributed by atoms with Crippen molar-refractivity contribution in [1.82, 2.24) is 4.57 Å². The first kappa shape index (κ1) is 21.0. The van der Waals surface area contributed by atoms with Gasteiger partial charge in [0.1, 0.15) is 11.2 Å². The van der Waals surface area contributed by atoms with E-state index in [1.165, 1.54) is 49.7 Å². The maximum atomic E-state index is 6.07. The van der Waals surface area contributed by atoms with Crippen molar-refractivity contribution < 1.29 is 4.42 Å². The van der Waals surface area contributed by atoms with Crippen LogP contribution < -0.4 is 0 Å². The summed E-state index contributed by atoms with van der Waals surface area (Å²) in [6.45, 7) is 0. The summed E-state index contributed by atoms with van der Waals surface area (Å²) in [5, 5.41) is 4.80. The molecule has 0 amide bonds. The molecule has 0 N–H and O–H groups in total. The highest BCUT2D eigenvalue weighted by atomic mass is 16.3. The first-order valence-corrected chi connectivity index (χ1v) is 12.9. The summed E-state index contributed by atoms with van der Waals surface area (Å²) in [5.74, 6) is 0. The second-order valence-corrected chi connectivity index (χ2v) is 9.78. The third-order valence-corrected chi connectivity index (χ3v) is 7.61. The van der Waals surface area contributed by atoms with Crippen molar-refractivity contribution in [2.45, 2.75) is 0 Å². The van der Waals surface area contributed by atoms with E-state index < -0.39 is 0 Å². The van der Waals surface area contributed by atoms with E-state index in [0.29, 0.717) is 0 Å². The van der Waals surface area contributed by atoms with Crippen LogP contribution in [0, 0.1) is 0 Å². The van der Waals surface area contributed by atoms with Crippen molar-refractivity contribution in [3.05, 3.63) is 140 Å². The fourth-order valence-corrected chi connectivity index (χ4v) is 5.85. The SMILES string of the molecule is c1ccc(-c2ccccc2-n2c3ccccc3c3cc(-c4ccc5oc6ccccc6c5c4)ccc32)cc1. The maximum Gasteiger partial charge on any atom is 0.135 e. The topological polar surface area (TPSA) is 18.1 Å². The summed E-state index contributed by atoms with van der Waals surface area (Å²) in [7, 11) is 0. The lowest BCUT2D eigenvalue weighted by molar-refractivity contribution is 0.669. The maximum absolute atomic E-state index is 6.07. The molecular weight excluding hydrogens is 462 g/mol. The monoisotopic (exact) mass is 485 g/mol. The molecule has 0 spiro atoms. The molecule has 8 aromatic rings. The molecule has 2 heterocycles. The molecule has 38 heavy (non-hydrogen) atoms. The first-order chi connectivity index (χ1) is 18.8. The van der Waals surface area contributed by atoms with Gasteiger partial charge in [-0.1, -0.05) is 97.1 Å². The van der Waals surface area contributed by atoms with E-state index in [9.17, 15) is 0 Å². The summed E-state index contributed by atoms with van der Waals surface area (Å²) in [5.41, 5.74) is 10.3. The first-order valence-electron chi connectivity index (χ1n) is 12.9. The minimum atomic E-state index is 0.921. The van der Waals surface area contributed by atoms with Gasteiger partial charge in [0.2, 0.25) is 0 Å². The van der Waals surface area contributed by atoms with Gasteiger partial charge in [-0.2, -0.15) is 0 Å². The average molecular weight is 486 g/mol. The van der Waals surface area contributed by atoms with Crippen molar-refractivity contribution >= 4 is 43.7 Å². The van der Waals surface area contributed by atoms with E-state index in [4.69, 9.17) is 4.42 Å². The summed E-state index contributed by atoms with van der Waals surface area (Å²) < 4.78 is 8.47. The number of furan rings is 1. The molecule has 0 radical (unpaired) electrons. The number of benzene rings is 6. The van der Waals surface area contributed by atoms with Gasteiger partial charge in [-0.05, 0) is 59.2 Å². The van der Waals surface area contributed by atoms with E-state index in [2.05, 4.69) is 132 Å². The van der Waals surface area contributed by atoms with Crippen LogP contribution in [0.2, 0.25) is 0 Å². The van der Waals surface area contributed by atoms with E-state index in [1.807, 2.05) is 12.1 Å². The van der Waals surface area contributed by atoms with Crippen LogP contribution in [-0.2, 0) is 0 Å². The molecule has 0 aliphatic heterocycles. The Hall–Kier alpha value is -5.08. The zero-order valence-electron chi connectivity index (χ0n) is 20.6. The molecule has 6 aromatic carbocycles. The molecule has 2 heteroatoms. The van der Waals surface area contributed by atoms with Crippen LogP contribution in [-0.4, -0.2) is 4.57 Å². The minimum absolute atomic E-state index is 0.921. The Morgan fingerprint density at radius 1 is 0.395 bits per heavy atom. The zero-order valence-corrected chi connectivity index (χ0v) is 20.6. The smallest absolute Gasteiger partial charge is 0.135 e. The van der Waals surface area contributed by atoms with Crippen LogP contribution in [0.4, 0.5) is 0 Å². The second kappa shape index (κ2) is 8.22. The van der Waals surface area contributed by atoms with Gasteiger partial charge in [0.25, 0.3) is 0 Å². The highest BCUT2D eigenvalue weighted by Gasteiger charge is 2.16. The van der Waals surface area contributed by atoms with Crippen LogP contribution in [0.1, 0.15) is 0 Å².